The second kappa shape index (κ2) is 7.26. The van der Waals surface area contributed by atoms with Gasteiger partial charge in [-0.2, -0.15) is 4.68 Å². The zero-order valence-corrected chi connectivity index (χ0v) is 14.3. The molecule has 0 aliphatic heterocycles. The minimum absolute atomic E-state index is 0.0874. The van der Waals surface area contributed by atoms with Gasteiger partial charge in [0.2, 0.25) is 11.1 Å². The number of aromatic nitrogens is 3. The Morgan fingerprint density at radius 1 is 1.33 bits per heavy atom. The quantitative estimate of drug-likeness (QED) is 0.470. The van der Waals surface area contributed by atoms with Crippen molar-refractivity contribution in [2.24, 2.45) is 0 Å². The van der Waals surface area contributed by atoms with Crippen molar-refractivity contribution in [3.8, 4) is 0 Å². The second-order valence-electron chi connectivity index (χ2n) is 5.13. The number of nitrogens with one attached hydrogen (secondary N) is 1. The van der Waals surface area contributed by atoms with Crippen LogP contribution in [0.3, 0.4) is 0 Å². The predicted octanol–water partition coefficient (Wildman–Crippen LogP) is 0.982. The SMILES string of the molecule is CC(=O)c1cccc(NC(=O)[C@@H](C)Sc2nnc(C)c(=O)n2N)c1. The molecule has 1 aromatic carbocycles. The molecule has 1 aromatic heterocycles. The molecule has 1 atom stereocenters. The Labute approximate surface area is 142 Å². The topological polar surface area (TPSA) is 120 Å². The summed E-state index contributed by atoms with van der Waals surface area (Å²) < 4.78 is 0.868. The van der Waals surface area contributed by atoms with Crippen molar-refractivity contribution in [2.75, 3.05) is 11.2 Å². The lowest BCUT2D eigenvalue weighted by atomic mass is 10.1. The van der Waals surface area contributed by atoms with Gasteiger partial charge in [0, 0.05) is 11.3 Å². The summed E-state index contributed by atoms with van der Waals surface area (Å²) in [5.74, 6) is 5.25. The molecule has 0 bridgehead atoms. The van der Waals surface area contributed by atoms with Crippen molar-refractivity contribution in [1.82, 2.24) is 14.9 Å². The molecule has 1 amide bonds. The molecule has 0 radical (unpaired) electrons. The van der Waals surface area contributed by atoms with Crippen LogP contribution in [0.4, 0.5) is 5.69 Å². The molecule has 126 valence electrons. The molecule has 0 saturated carbocycles. The number of hydrogen-bond donors (Lipinski definition) is 2. The third-order valence-electron chi connectivity index (χ3n) is 3.21. The number of nitrogens with two attached hydrogens (primary N) is 1. The summed E-state index contributed by atoms with van der Waals surface area (Å²) in [6, 6.07) is 6.65. The van der Waals surface area contributed by atoms with Gasteiger partial charge in [-0.3, -0.25) is 14.4 Å². The number of Topliss-reactive ketones (excluding diaryl/α,β-unsaturated/α-hetero) is 1. The summed E-state index contributed by atoms with van der Waals surface area (Å²) >= 11 is 1.02. The number of benzene rings is 1. The summed E-state index contributed by atoms with van der Waals surface area (Å²) in [7, 11) is 0. The number of rotatable bonds is 5. The van der Waals surface area contributed by atoms with E-state index in [-0.39, 0.29) is 22.5 Å². The molecule has 0 saturated heterocycles. The predicted molar refractivity (Wildman–Crippen MR) is 91.6 cm³/mol. The highest BCUT2D eigenvalue weighted by atomic mass is 32.2. The highest BCUT2D eigenvalue weighted by Gasteiger charge is 2.18. The maximum absolute atomic E-state index is 12.3. The van der Waals surface area contributed by atoms with Crippen molar-refractivity contribution >= 4 is 29.1 Å². The van der Waals surface area contributed by atoms with Crippen molar-refractivity contribution in [3.05, 3.63) is 45.9 Å². The first-order valence-corrected chi connectivity index (χ1v) is 7.97. The van der Waals surface area contributed by atoms with Crippen LogP contribution in [0.2, 0.25) is 0 Å². The van der Waals surface area contributed by atoms with Crippen LogP contribution in [0.5, 0.6) is 0 Å². The molecule has 2 rings (SSSR count). The van der Waals surface area contributed by atoms with Crippen molar-refractivity contribution in [2.45, 2.75) is 31.2 Å². The minimum Gasteiger partial charge on any atom is -0.334 e. The molecular formula is C15H17N5O3S. The average molecular weight is 347 g/mol. The summed E-state index contributed by atoms with van der Waals surface area (Å²) in [5, 5.41) is 9.83. The van der Waals surface area contributed by atoms with Crippen LogP contribution in [-0.2, 0) is 4.79 Å². The van der Waals surface area contributed by atoms with E-state index in [0.29, 0.717) is 11.3 Å². The van der Waals surface area contributed by atoms with Gasteiger partial charge in [0.1, 0.15) is 5.69 Å². The van der Waals surface area contributed by atoms with Gasteiger partial charge < -0.3 is 11.2 Å². The first-order chi connectivity index (χ1) is 11.3. The maximum atomic E-state index is 12.3. The van der Waals surface area contributed by atoms with Crippen LogP contribution in [0.1, 0.15) is 29.9 Å². The normalized spacial score (nSPS) is 11.8. The van der Waals surface area contributed by atoms with Crippen molar-refractivity contribution < 1.29 is 9.59 Å². The molecule has 1 heterocycles. The lowest BCUT2D eigenvalue weighted by Gasteiger charge is -2.13. The molecule has 3 N–H and O–H groups in total. The fourth-order valence-electron chi connectivity index (χ4n) is 1.82. The number of nitrogens with zero attached hydrogens (tertiary/aromatic N) is 3. The van der Waals surface area contributed by atoms with E-state index in [2.05, 4.69) is 15.5 Å². The van der Waals surface area contributed by atoms with Gasteiger partial charge in [0.25, 0.3) is 5.56 Å². The number of anilines is 1. The van der Waals surface area contributed by atoms with E-state index in [0.717, 1.165) is 16.4 Å². The van der Waals surface area contributed by atoms with E-state index in [4.69, 9.17) is 5.84 Å². The molecule has 0 aliphatic rings. The number of nitrogen functional groups attached to an aromatic ring is 1. The summed E-state index contributed by atoms with van der Waals surface area (Å²) in [4.78, 5) is 35.4. The summed E-state index contributed by atoms with van der Waals surface area (Å²) in [6.45, 7) is 4.61. The van der Waals surface area contributed by atoms with E-state index in [1.165, 1.54) is 13.8 Å². The van der Waals surface area contributed by atoms with E-state index in [1.807, 2.05) is 0 Å². The Bertz CT molecular complexity index is 849. The molecule has 9 heteroatoms. The van der Waals surface area contributed by atoms with Gasteiger partial charge in [-0.25, -0.2) is 0 Å². The van der Waals surface area contributed by atoms with Crippen molar-refractivity contribution in [3.63, 3.8) is 0 Å². The molecule has 0 unspecified atom stereocenters. The zero-order valence-electron chi connectivity index (χ0n) is 13.4. The summed E-state index contributed by atoms with van der Waals surface area (Å²) in [5.41, 5.74) is 0.739. The fourth-order valence-corrected chi connectivity index (χ4v) is 2.59. The van der Waals surface area contributed by atoms with E-state index < -0.39 is 10.8 Å². The molecule has 24 heavy (non-hydrogen) atoms. The zero-order chi connectivity index (χ0) is 17.9. The van der Waals surface area contributed by atoms with E-state index in [9.17, 15) is 14.4 Å². The minimum atomic E-state index is -0.572. The number of thioether (sulfide) groups is 1. The molecule has 8 nitrogen and oxygen atoms in total. The number of carbonyl (C=O) groups is 2. The van der Waals surface area contributed by atoms with E-state index >= 15 is 0 Å². The Kier molecular flexibility index (Phi) is 5.35. The van der Waals surface area contributed by atoms with Gasteiger partial charge in [-0.05, 0) is 32.9 Å². The van der Waals surface area contributed by atoms with Crippen LogP contribution in [0, 0.1) is 6.92 Å². The standard InChI is InChI=1S/C15H17N5O3S/c1-8-14(23)20(16)15(19-18-8)24-10(3)13(22)17-12-6-4-5-11(7-12)9(2)21/h4-7,10H,16H2,1-3H3,(H,17,22)/t10-/m1/s1. The van der Waals surface area contributed by atoms with E-state index in [1.54, 1.807) is 31.2 Å². The summed E-state index contributed by atoms with van der Waals surface area (Å²) in [6.07, 6.45) is 0. The molecule has 0 spiro atoms. The third-order valence-corrected chi connectivity index (χ3v) is 4.26. The van der Waals surface area contributed by atoms with Crippen LogP contribution >= 0.6 is 11.8 Å². The van der Waals surface area contributed by atoms with Gasteiger partial charge in [-0.15, -0.1) is 10.2 Å². The second-order valence-corrected chi connectivity index (χ2v) is 6.44. The monoisotopic (exact) mass is 347 g/mol. The van der Waals surface area contributed by atoms with Gasteiger partial charge in [-0.1, -0.05) is 23.9 Å². The van der Waals surface area contributed by atoms with Gasteiger partial charge in [0.15, 0.2) is 5.78 Å². The Morgan fingerprint density at radius 3 is 2.71 bits per heavy atom. The van der Waals surface area contributed by atoms with Crippen LogP contribution in [0.15, 0.2) is 34.2 Å². The molecule has 2 aromatic rings. The van der Waals surface area contributed by atoms with Gasteiger partial charge in [0.05, 0.1) is 5.25 Å². The Balaban J connectivity index is 2.10. The number of hydrogen-bond acceptors (Lipinski definition) is 7. The van der Waals surface area contributed by atoms with Crippen LogP contribution in [-0.4, -0.2) is 31.8 Å². The van der Waals surface area contributed by atoms with Crippen LogP contribution in [0.25, 0.3) is 0 Å². The lowest BCUT2D eigenvalue weighted by molar-refractivity contribution is -0.115. The number of ketones is 1. The highest BCUT2D eigenvalue weighted by molar-refractivity contribution is 8.00. The first-order valence-electron chi connectivity index (χ1n) is 7.09. The fraction of sp³-hybridized carbons (Fsp3) is 0.267. The first kappa shape index (κ1) is 17.7. The van der Waals surface area contributed by atoms with Crippen molar-refractivity contribution in [1.29, 1.82) is 0 Å². The van der Waals surface area contributed by atoms with Gasteiger partial charge >= 0.3 is 0 Å². The molecule has 0 fully saturated rings. The smallest absolute Gasteiger partial charge is 0.294 e. The molecular weight excluding hydrogens is 330 g/mol. The maximum Gasteiger partial charge on any atom is 0.294 e. The van der Waals surface area contributed by atoms with Crippen LogP contribution < -0.4 is 16.7 Å². The highest BCUT2D eigenvalue weighted by Crippen LogP contribution is 2.20. The third kappa shape index (κ3) is 3.99. The number of carbonyl (C=O) groups excluding carboxylic acids is 2. The average Bonchev–Trinajstić information content (AvgIpc) is 2.55. The lowest BCUT2D eigenvalue weighted by Crippen LogP contribution is -2.33. The molecule has 0 aliphatic carbocycles. The Morgan fingerprint density at radius 2 is 2.04 bits per heavy atom. The largest absolute Gasteiger partial charge is 0.334 e. The number of aryl methyl sites for hydroxylation is 1. The number of amides is 1. The Hall–Kier alpha value is -2.68.